The Morgan fingerprint density at radius 1 is 0.969 bits per heavy atom. The number of alkyl halides is 2. The SMILES string of the molecule is CC(C)(C)N1CCN(c2cccc(S(=O)(=O)c3cn(C(F)F)c4ccc(F)cc34)c2)CC1. The molecule has 2 heterocycles. The lowest BCUT2D eigenvalue weighted by molar-refractivity contribution is 0.0748. The molecule has 0 N–H and O–H groups in total. The maximum Gasteiger partial charge on any atom is 0.319 e. The number of hydrogen-bond acceptors (Lipinski definition) is 4. The maximum absolute atomic E-state index is 13.8. The second kappa shape index (κ2) is 8.12. The van der Waals surface area contributed by atoms with E-state index in [1.807, 2.05) is 6.07 Å². The number of piperazine rings is 1. The van der Waals surface area contributed by atoms with Gasteiger partial charge in [-0.2, -0.15) is 8.78 Å². The molecule has 5 nitrogen and oxygen atoms in total. The average molecular weight is 466 g/mol. The van der Waals surface area contributed by atoms with Crippen molar-refractivity contribution in [2.45, 2.75) is 42.7 Å². The summed E-state index contributed by atoms with van der Waals surface area (Å²) < 4.78 is 68.2. The summed E-state index contributed by atoms with van der Waals surface area (Å²) in [5.41, 5.74) is 0.781. The Morgan fingerprint density at radius 3 is 2.28 bits per heavy atom. The summed E-state index contributed by atoms with van der Waals surface area (Å²) in [6.07, 6.45) is 0.888. The van der Waals surface area contributed by atoms with Gasteiger partial charge in [-0.3, -0.25) is 9.47 Å². The van der Waals surface area contributed by atoms with Crippen molar-refractivity contribution in [1.82, 2.24) is 9.47 Å². The highest BCUT2D eigenvalue weighted by Gasteiger charge is 2.28. The third-order valence-corrected chi connectivity index (χ3v) is 7.76. The number of halogens is 3. The van der Waals surface area contributed by atoms with Gasteiger partial charge < -0.3 is 4.90 Å². The summed E-state index contributed by atoms with van der Waals surface area (Å²) >= 11 is 0. The molecule has 0 spiro atoms. The van der Waals surface area contributed by atoms with Gasteiger partial charge in [0, 0.05) is 49.0 Å². The molecule has 1 aromatic heterocycles. The minimum atomic E-state index is -4.15. The largest absolute Gasteiger partial charge is 0.369 e. The Bertz CT molecular complexity index is 1240. The molecule has 0 radical (unpaired) electrons. The van der Waals surface area contributed by atoms with Crippen molar-refractivity contribution in [2.75, 3.05) is 31.1 Å². The van der Waals surface area contributed by atoms with Crippen molar-refractivity contribution in [3.8, 4) is 0 Å². The lowest BCUT2D eigenvalue weighted by Crippen LogP contribution is -2.53. The number of benzene rings is 2. The van der Waals surface area contributed by atoms with Crippen molar-refractivity contribution in [3.63, 3.8) is 0 Å². The number of aromatic nitrogens is 1. The Hall–Kier alpha value is -2.52. The van der Waals surface area contributed by atoms with E-state index < -0.39 is 22.2 Å². The normalized spacial score (nSPS) is 16.3. The Kier molecular flexibility index (Phi) is 5.75. The van der Waals surface area contributed by atoms with E-state index in [4.69, 9.17) is 0 Å². The van der Waals surface area contributed by atoms with Crippen molar-refractivity contribution < 1.29 is 21.6 Å². The fourth-order valence-electron chi connectivity index (χ4n) is 4.18. The minimum absolute atomic E-state index is 0.00849. The van der Waals surface area contributed by atoms with E-state index >= 15 is 0 Å². The number of fused-ring (bicyclic) bond motifs is 1. The average Bonchev–Trinajstić information content (AvgIpc) is 3.13. The molecule has 0 bridgehead atoms. The summed E-state index contributed by atoms with van der Waals surface area (Å²) in [6.45, 7) is 6.73. The highest BCUT2D eigenvalue weighted by Crippen LogP contribution is 2.34. The van der Waals surface area contributed by atoms with E-state index in [-0.39, 0.29) is 26.2 Å². The van der Waals surface area contributed by atoms with Gasteiger partial charge >= 0.3 is 6.55 Å². The van der Waals surface area contributed by atoms with Crippen LogP contribution in [0.2, 0.25) is 0 Å². The lowest BCUT2D eigenvalue weighted by Gasteiger charge is -2.43. The third-order valence-electron chi connectivity index (χ3n) is 5.98. The van der Waals surface area contributed by atoms with Gasteiger partial charge in [0.05, 0.1) is 15.3 Å². The molecule has 1 fully saturated rings. The van der Waals surface area contributed by atoms with E-state index in [9.17, 15) is 21.6 Å². The zero-order chi connectivity index (χ0) is 23.3. The topological polar surface area (TPSA) is 45.6 Å². The van der Waals surface area contributed by atoms with Crippen LogP contribution < -0.4 is 4.90 Å². The van der Waals surface area contributed by atoms with Crippen LogP contribution in [-0.4, -0.2) is 49.6 Å². The molecular formula is C23H26F3N3O2S. The van der Waals surface area contributed by atoms with Crippen LogP contribution >= 0.6 is 0 Å². The van der Waals surface area contributed by atoms with Gasteiger partial charge in [-0.15, -0.1) is 0 Å². The van der Waals surface area contributed by atoms with Crippen LogP contribution in [0.15, 0.2) is 58.5 Å². The smallest absolute Gasteiger partial charge is 0.319 e. The number of rotatable bonds is 4. The molecule has 9 heteroatoms. The number of anilines is 1. The third kappa shape index (κ3) is 4.11. The molecule has 0 saturated carbocycles. The van der Waals surface area contributed by atoms with E-state index in [1.165, 1.54) is 12.1 Å². The summed E-state index contributed by atoms with van der Waals surface area (Å²) in [7, 11) is -4.15. The van der Waals surface area contributed by atoms with E-state index in [1.54, 1.807) is 12.1 Å². The van der Waals surface area contributed by atoms with Gasteiger partial charge in [-0.25, -0.2) is 12.8 Å². The van der Waals surface area contributed by atoms with E-state index in [0.717, 1.165) is 50.2 Å². The molecule has 0 aliphatic carbocycles. The van der Waals surface area contributed by atoms with Gasteiger partial charge in [0.25, 0.3) is 0 Å². The molecule has 4 rings (SSSR count). The first-order valence-corrected chi connectivity index (χ1v) is 11.9. The molecule has 0 atom stereocenters. The van der Waals surface area contributed by atoms with E-state index in [0.29, 0.717) is 4.57 Å². The fourth-order valence-corrected chi connectivity index (χ4v) is 5.67. The Balaban J connectivity index is 1.70. The number of sulfone groups is 1. The molecule has 172 valence electrons. The second-order valence-electron chi connectivity index (χ2n) is 8.99. The van der Waals surface area contributed by atoms with Crippen LogP contribution in [0.3, 0.4) is 0 Å². The minimum Gasteiger partial charge on any atom is -0.369 e. The first-order chi connectivity index (χ1) is 15.0. The molecular weight excluding hydrogens is 439 g/mol. The highest BCUT2D eigenvalue weighted by molar-refractivity contribution is 7.91. The Labute approximate surface area is 186 Å². The van der Waals surface area contributed by atoms with Crippen molar-refractivity contribution in [2.24, 2.45) is 0 Å². The molecule has 1 saturated heterocycles. The summed E-state index contributed by atoms with van der Waals surface area (Å²) in [5.74, 6) is -0.688. The van der Waals surface area contributed by atoms with E-state index in [2.05, 4.69) is 30.6 Å². The molecule has 3 aromatic rings. The van der Waals surface area contributed by atoms with Crippen molar-refractivity contribution in [3.05, 3.63) is 54.5 Å². The molecule has 0 unspecified atom stereocenters. The van der Waals surface area contributed by atoms with Crippen LogP contribution in [0.25, 0.3) is 10.9 Å². The fraction of sp³-hybridized carbons (Fsp3) is 0.391. The molecule has 0 amide bonds. The second-order valence-corrected chi connectivity index (χ2v) is 10.9. The van der Waals surface area contributed by atoms with Gasteiger partial charge in [0.1, 0.15) is 5.82 Å². The molecule has 2 aromatic carbocycles. The highest BCUT2D eigenvalue weighted by atomic mass is 32.2. The predicted molar refractivity (Wildman–Crippen MR) is 119 cm³/mol. The summed E-state index contributed by atoms with van der Waals surface area (Å²) in [5, 5.41) is -0.0607. The zero-order valence-corrected chi connectivity index (χ0v) is 19.0. The van der Waals surface area contributed by atoms with Gasteiger partial charge in [0.15, 0.2) is 0 Å². The van der Waals surface area contributed by atoms with Crippen molar-refractivity contribution in [1.29, 1.82) is 0 Å². The van der Waals surface area contributed by atoms with Crippen molar-refractivity contribution >= 4 is 26.4 Å². The van der Waals surface area contributed by atoms with Gasteiger partial charge in [0.2, 0.25) is 9.84 Å². The first kappa shape index (κ1) is 22.7. The Morgan fingerprint density at radius 2 is 1.66 bits per heavy atom. The van der Waals surface area contributed by atoms with Crippen LogP contribution in [0.1, 0.15) is 27.3 Å². The van der Waals surface area contributed by atoms with Crippen LogP contribution in [0, 0.1) is 5.82 Å². The predicted octanol–water partition coefficient (Wildman–Crippen LogP) is 4.93. The first-order valence-electron chi connectivity index (χ1n) is 10.4. The summed E-state index contributed by atoms with van der Waals surface area (Å²) in [4.78, 5) is 4.15. The number of hydrogen-bond donors (Lipinski definition) is 0. The monoisotopic (exact) mass is 465 g/mol. The van der Waals surface area contributed by atoms with Crippen LogP contribution in [0.4, 0.5) is 18.9 Å². The lowest BCUT2D eigenvalue weighted by atomic mass is 10.0. The molecule has 32 heavy (non-hydrogen) atoms. The quantitative estimate of drug-likeness (QED) is 0.548. The van der Waals surface area contributed by atoms with Crippen LogP contribution in [0.5, 0.6) is 0 Å². The van der Waals surface area contributed by atoms with Gasteiger partial charge in [-0.05, 0) is 57.2 Å². The van der Waals surface area contributed by atoms with Crippen LogP contribution in [-0.2, 0) is 9.84 Å². The standard InChI is InChI=1S/C23H26F3N3O2S/c1-23(2,3)28-11-9-27(10-12-28)17-5-4-6-18(14-17)32(30,31)21-15-29(22(25)26)20-8-7-16(24)13-19(20)21/h4-8,13-15,22H,9-12H2,1-3H3. The summed E-state index contributed by atoms with van der Waals surface area (Å²) in [6, 6.07) is 9.67. The molecule has 1 aliphatic heterocycles. The maximum atomic E-state index is 13.8. The molecule has 1 aliphatic rings. The zero-order valence-electron chi connectivity index (χ0n) is 18.2. The van der Waals surface area contributed by atoms with Gasteiger partial charge in [-0.1, -0.05) is 6.07 Å². The number of nitrogens with zero attached hydrogens (tertiary/aromatic N) is 3.